The Hall–Kier alpha value is -1.86. The van der Waals surface area contributed by atoms with Gasteiger partial charge in [0.15, 0.2) is 11.5 Å². The molecule has 2 N–H and O–H groups in total. The van der Waals surface area contributed by atoms with Crippen molar-refractivity contribution < 1.29 is 14.2 Å². The Bertz CT molecular complexity index is 639. The van der Waals surface area contributed by atoms with Gasteiger partial charge in [0, 0.05) is 19.2 Å². The Morgan fingerprint density at radius 2 is 1.90 bits per heavy atom. The third-order valence-corrected chi connectivity index (χ3v) is 3.05. The average molecular weight is 295 g/mol. The maximum Gasteiger partial charge on any atom is 0.163 e. The first-order valence-electron chi connectivity index (χ1n) is 5.99. The predicted molar refractivity (Wildman–Crippen MR) is 80.3 cm³/mol. The van der Waals surface area contributed by atoms with E-state index in [0.717, 1.165) is 16.9 Å². The zero-order valence-electron chi connectivity index (χ0n) is 11.7. The minimum Gasteiger partial charge on any atom is -0.493 e. The number of nitrogens with two attached hydrogens (primary N) is 1. The number of thiocarbonyl (C=S) groups is 1. The molecule has 0 saturated heterocycles. The summed E-state index contributed by atoms with van der Waals surface area (Å²) in [5, 5.41) is 0. The molecule has 0 unspecified atom stereocenters. The fourth-order valence-electron chi connectivity index (χ4n) is 2.07. The van der Waals surface area contributed by atoms with Gasteiger partial charge in [-0.3, -0.25) is 0 Å². The Labute approximate surface area is 122 Å². The van der Waals surface area contributed by atoms with Crippen molar-refractivity contribution in [1.82, 2.24) is 9.55 Å². The molecule has 0 radical (unpaired) electrons. The van der Waals surface area contributed by atoms with Crippen molar-refractivity contribution >= 4 is 28.2 Å². The standard InChI is InChI=1S/C13H17N3O3S/c1-17-7-13-15-8-4-10(18-2)11(19-3)5-9(8)16(13)6-12(14)20/h4-5H,6-7H2,1-3H3,(H2,14,20). The molecular weight excluding hydrogens is 278 g/mol. The quantitative estimate of drug-likeness (QED) is 0.814. The molecule has 0 saturated carbocycles. The molecule has 1 aromatic heterocycles. The van der Waals surface area contributed by atoms with E-state index in [1.807, 2.05) is 16.7 Å². The second-order valence-electron chi connectivity index (χ2n) is 4.21. The highest BCUT2D eigenvalue weighted by atomic mass is 32.1. The van der Waals surface area contributed by atoms with Crippen molar-refractivity contribution in [3.63, 3.8) is 0 Å². The number of rotatable bonds is 6. The number of hydrogen-bond acceptors (Lipinski definition) is 5. The highest BCUT2D eigenvalue weighted by Gasteiger charge is 2.15. The van der Waals surface area contributed by atoms with Crippen LogP contribution < -0.4 is 15.2 Å². The predicted octanol–water partition coefficient (Wildman–Crippen LogP) is 1.49. The first-order chi connectivity index (χ1) is 9.60. The summed E-state index contributed by atoms with van der Waals surface area (Å²) in [4.78, 5) is 4.91. The van der Waals surface area contributed by atoms with E-state index in [2.05, 4.69) is 4.98 Å². The highest BCUT2D eigenvalue weighted by molar-refractivity contribution is 7.80. The molecule has 7 heteroatoms. The normalized spacial score (nSPS) is 10.8. The summed E-state index contributed by atoms with van der Waals surface area (Å²) in [5.74, 6) is 2.02. The zero-order valence-corrected chi connectivity index (χ0v) is 12.5. The van der Waals surface area contributed by atoms with Crippen LogP contribution in [0, 0.1) is 0 Å². The van der Waals surface area contributed by atoms with Crippen LogP contribution in [0.2, 0.25) is 0 Å². The van der Waals surface area contributed by atoms with Crippen LogP contribution in [0.5, 0.6) is 11.5 Å². The molecule has 0 amide bonds. The van der Waals surface area contributed by atoms with Crippen LogP contribution in [0.3, 0.4) is 0 Å². The van der Waals surface area contributed by atoms with Crippen molar-refractivity contribution in [3.8, 4) is 11.5 Å². The van der Waals surface area contributed by atoms with Crippen LogP contribution in [0.25, 0.3) is 11.0 Å². The third-order valence-electron chi connectivity index (χ3n) is 2.92. The summed E-state index contributed by atoms with van der Waals surface area (Å²) in [6, 6.07) is 3.68. The van der Waals surface area contributed by atoms with E-state index in [9.17, 15) is 0 Å². The van der Waals surface area contributed by atoms with Gasteiger partial charge in [0.2, 0.25) is 0 Å². The summed E-state index contributed by atoms with van der Waals surface area (Å²) < 4.78 is 17.7. The van der Waals surface area contributed by atoms with Crippen molar-refractivity contribution in [2.75, 3.05) is 21.3 Å². The van der Waals surface area contributed by atoms with Crippen molar-refractivity contribution in [3.05, 3.63) is 18.0 Å². The fraction of sp³-hybridized carbons (Fsp3) is 0.385. The average Bonchev–Trinajstić information content (AvgIpc) is 2.74. The Morgan fingerprint density at radius 1 is 1.25 bits per heavy atom. The van der Waals surface area contributed by atoms with Gasteiger partial charge in [0.25, 0.3) is 0 Å². The number of nitrogens with zero attached hydrogens (tertiary/aromatic N) is 2. The molecule has 0 atom stereocenters. The number of hydrogen-bond donors (Lipinski definition) is 1. The molecule has 0 bridgehead atoms. The molecule has 2 aromatic rings. The summed E-state index contributed by atoms with van der Waals surface area (Å²) in [6.07, 6.45) is 0. The van der Waals surface area contributed by atoms with E-state index in [1.54, 1.807) is 21.3 Å². The molecule has 20 heavy (non-hydrogen) atoms. The Kier molecular flexibility index (Phi) is 4.41. The lowest BCUT2D eigenvalue weighted by Gasteiger charge is -2.10. The molecule has 108 valence electrons. The maximum absolute atomic E-state index is 5.65. The van der Waals surface area contributed by atoms with Crippen molar-refractivity contribution in [2.45, 2.75) is 13.2 Å². The molecule has 1 aromatic carbocycles. The van der Waals surface area contributed by atoms with E-state index in [-0.39, 0.29) is 0 Å². The monoisotopic (exact) mass is 295 g/mol. The van der Waals surface area contributed by atoms with Crippen LogP contribution in [-0.4, -0.2) is 35.9 Å². The van der Waals surface area contributed by atoms with Gasteiger partial charge in [-0.25, -0.2) is 4.98 Å². The lowest BCUT2D eigenvalue weighted by molar-refractivity contribution is 0.175. The number of imidazole rings is 1. The van der Waals surface area contributed by atoms with Gasteiger partial charge in [0.05, 0.1) is 36.8 Å². The van der Waals surface area contributed by atoms with Gasteiger partial charge < -0.3 is 24.5 Å². The SMILES string of the molecule is COCc1nc2cc(OC)c(OC)cc2n1CC(N)=S. The molecule has 0 aliphatic carbocycles. The molecule has 0 spiro atoms. The van der Waals surface area contributed by atoms with Gasteiger partial charge in [0.1, 0.15) is 12.4 Å². The molecular formula is C13H17N3O3S. The summed E-state index contributed by atoms with van der Waals surface area (Å²) in [6.45, 7) is 0.780. The summed E-state index contributed by atoms with van der Waals surface area (Å²) in [7, 11) is 4.80. The van der Waals surface area contributed by atoms with E-state index in [0.29, 0.717) is 29.6 Å². The van der Waals surface area contributed by atoms with Gasteiger partial charge in [-0.1, -0.05) is 12.2 Å². The first kappa shape index (κ1) is 14.5. The minimum absolute atomic E-state index is 0.377. The molecule has 2 rings (SSSR count). The van der Waals surface area contributed by atoms with Crippen molar-refractivity contribution in [2.24, 2.45) is 5.73 Å². The highest BCUT2D eigenvalue weighted by Crippen LogP contribution is 2.32. The Morgan fingerprint density at radius 3 is 2.45 bits per heavy atom. The van der Waals surface area contributed by atoms with Crippen LogP contribution in [-0.2, 0) is 17.9 Å². The lowest BCUT2D eigenvalue weighted by atomic mass is 10.2. The van der Waals surface area contributed by atoms with E-state index in [1.165, 1.54) is 0 Å². The first-order valence-corrected chi connectivity index (χ1v) is 6.40. The molecule has 0 aliphatic rings. The number of fused-ring (bicyclic) bond motifs is 1. The smallest absolute Gasteiger partial charge is 0.163 e. The molecule has 0 aliphatic heterocycles. The topological polar surface area (TPSA) is 71.5 Å². The second kappa shape index (κ2) is 6.06. The fourth-order valence-corrected chi connectivity index (χ4v) is 2.20. The van der Waals surface area contributed by atoms with Crippen molar-refractivity contribution in [1.29, 1.82) is 0 Å². The minimum atomic E-state index is 0.377. The van der Waals surface area contributed by atoms with Gasteiger partial charge in [-0.15, -0.1) is 0 Å². The van der Waals surface area contributed by atoms with Crippen LogP contribution in [0.15, 0.2) is 12.1 Å². The zero-order chi connectivity index (χ0) is 14.7. The maximum atomic E-state index is 5.65. The lowest BCUT2D eigenvalue weighted by Crippen LogP contribution is -2.18. The van der Waals surface area contributed by atoms with Gasteiger partial charge >= 0.3 is 0 Å². The van der Waals surface area contributed by atoms with Gasteiger partial charge in [-0.2, -0.15) is 0 Å². The second-order valence-corrected chi connectivity index (χ2v) is 4.73. The van der Waals surface area contributed by atoms with Crippen LogP contribution >= 0.6 is 12.2 Å². The Balaban J connectivity index is 2.64. The molecule has 1 heterocycles. The summed E-state index contributed by atoms with van der Waals surface area (Å²) in [5.41, 5.74) is 7.31. The number of aromatic nitrogens is 2. The summed E-state index contributed by atoms with van der Waals surface area (Å²) >= 11 is 4.99. The number of benzene rings is 1. The van der Waals surface area contributed by atoms with Gasteiger partial charge in [-0.05, 0) is 0 Å². The van der Waals surface area contributed by atoms with E-state index >= 15 is 0 Å². The van der Waals surface area contributed by atoms with E-state index in [4.69, 9.17) is 32.2 Å². The van der Waals surface area contributed by atoms with Crippen LogP contribution in [0.4, 0.5) is 0 Å². The largest absolute Gasteiger partial charge is 0.493 e. The number of methoxy groups -OCH3 is 3. The number of ether oxygens (including phenoxy) is 3. The van der Waals surface area contributed by atoms with E-state index < -0.39 is 0 Å². The molecule has 0 fully saturated rings. The third kappa shape index (κ3) is 2.68. The molecule has 6 nitrogen and oxygen atoms in total. The van der Waals surface area contributed by atoms with Crippen LogP contribution in [0.1, 0.15) is 5.82 Å².